The van der Waals surface area contributed by atoms with Gasteiger partial charge in [0, 0.05) is 24.3 Å². The normalized spacial score (nSPS) is 19.4. The molecule has 1 aromatic heterocycles. The first kappa shape index (κ1) is 13.9. The lowest BCUT2D eigenvalue weighted by Crippen LogP contribution is -2.26. The molecule has 2 aromatic rings. The highest BCUT2D eigenvalue weighted by molar-refractivity contribution is 7.86. The van der Waals surface area contributed by atoms with Crippen molar-refractivity contribution in [2.75, 3.05) is 17.2 Å². The van der Waals surface area contributed by atoms with Crippen LogP contribution in [0.5, 0.6) is 0 Å². The summed E-state index contributed by atoms with van der Waals surface area (Å²) in [6, 6.07) is 7.21. The Morgan fingerprint density at radius 3 is 2.81 bits per heavy atom. The van der Waals surface area contributed by atoms with Crippen molar-refractivity contribution >= 4 is 32.9 Å². The Hall–Kier alpha value is -2.09. The second-order valence-corrected chi connectivity index (χ2v) is 6.41. The average Bonchev–Trinajstić information content (AvgIpc) is 2.76. The van der Waals surface area contributed by atoms with Gasteiger partial charge >= 0.3 is 10.2 Å². The van der Waals surface area contributed by atoms with Crippen LogP contribution in [-0.2, 0) is 15.0 Å². The quantitative estimate of drug-likeness (QED) is 0.798. The van der Waals surface area contributed by atoms with Crippen LogP contribution in [0.15, 0.2) is 30.6 Å². The summed E-state index contributed by atoms with van der Waals surface area (Å²) in [5, 5.41) is 0.706. The molecule has 1 aliphatic heterocycles. The lowest BCUT2D eigenvalue weighted by Gasteiger charge is -2.16. The monoisotopic (exact) mass is 309 g/mol. The van der Waals surface area contributed by atoms with Crippen LogP contribution in [0.4, 0.5) is 9.70 Å². The summed E-state index contributed by atoms with van der Waals surface area (Å²) in [4.78, 5) is 21.7. The summed E-state index contributed by atoms with van der Waals surface area (Å²) in [6.07, 6.45) is 1.35. The Bertz CT molecular complexity index is 804. The largest absolute Gasteiger partial charge is 0.302 e. The molecule has 3 rings (SSSR count). The number of hydrogen-bond acceptors (Lipinski definition) is 5. The van der Waals surface area contributed by atoms with Crippen LogP contribution in [-0.4, -0.2) is 36.6 Å². The smallest absolute Gasteiger partial charge is 0.296 e. The number of para-hydroxylation sites is 1. The molecule has 0 aliphatic carbocycles. The van der Waals surface area contributed by atoms with Crippen molar-refractivity contribution in [3.63, 3.8) is 0 Å². The average molecular weight is 309 g/mol. The summed E-state index contributed by atoms with van der Waals surface area (Å²) in [6.45, 7) is 0.142. The van der Waals surface area contributed by atoms with Gasteiger partial charge in [-0.25, -0.2) is 9.97 Å². The van der Waals surface area contributed by atoms with Crippen LogP contribution in [0, 0.1) is 5.92 Å². The molecule has 6 nitrogen and oxygen atoms in total. The van der Waals surface area contributed by atoms with Crippen LogP contribution in [0.1, 0.15) is 6.42 Å². The van der Waals surface area contributed by atoms with E-state index in [2.05, 4.69) is 9.97 Å². The molecule has 0 bridgehead atoms. The van der Waals surface area contributed by atoms with E-state index in [9.17, 15) is 17.1 Å². The van der Waals surface area contributed by atoms with Crippen molar-refractivity contribution in [1.82, 2.24) is 9.97 Å². The minimum absolute atomic E-state index is 0.00147. The number of nitrogens with zero attached hydrogens (tertiary/aromatic N) is 3. The summed E-state index contributed by atoms with van der Waals surface area (Å²) in [7, 11) is -4.59. The number of hydrogen-bond donors (Lipinski definition) is 0. The number of anilines is 1. The molecule has 2 heterocycles. The number of halogens is 1. The highest BCUT2D eigenvalue weighted by Crippen LogP contribution is 2.29. The third-order valence-corrected chi connectivity index (χ3v) is 4.29. The highest BCUT2D eigenvalue weighted by atomic mass is 32.3. The minimum Gasteiger partial charge on any atom is -0.296 e. The molecular formula is C13H12FN3O3S. The van der Waals surface area contributed by atoms with Gasteiger partial charge in [-0.1, -0.05) is 12.1 Å². The van der Waals surface area contributed by atoms with E-state index < -0.39 is 21.9 Å². The second-order valence-electron chi connectivity index (χ2n) is 4.99. The van der Waals surface area contributed by atoms with Gasteiger partial charge in [0.2, 0.25) is 5.91 Å². The van der Waals surface area contributed by atoms with E-state index in [1.165, 1.54) is 11.2 Å². The Labute approximate surface area is 120 Å². The molecule has 1 saturated heterocycles. The van der Waals surface area contributed by atoms with Crippen molar-refractivity contribution in [2.45, 2.75) is 6.42 Å². The lowest BCUT2D eigenvalue weighted by molar-refractivity contribution is -0.117. The van der Waals surface area contributed by atoms with Crippen molar-refractivity contribution in [2.24, 2.45) is 5.92 Å². The molecule has 1 unspecified atom stereocenters. The van der Waals surface area contributed by atoms with Crippen molar-refractivity contribution in [1.29, 1.82) is 0 Å². The van der Waals surface area contributed by atoms with Gasteiger partial charge in [-0.3, -0.25) is 9.69 Å². The summed E-state index contributed by atoms with van der Waals surface area (Å²) in [5.74, 6) is -1.02. The van der Waals surface area contributed by atoms with Gasteiger partial charge in [-0.15, -0.1) is 3.89 Å². The van der Waals surface area contributed by atoms with E-state index in [0.717, 1.165) is 0 Å². The second kappa shape index (κ2) is 5.03. The SMILES string of the molecule is O=C1CC(CS(=O)(=O)F)CN1c1ncnc2ccccc12. The minimum atomic E-state index is -4.59. The van der Waals surface area contributed by atoms with Gasteiger partial charge < -0.3 is 0 Å². The molecule has 1 atom stereocenters. The maximum atomic E-state index is 12.8. The molecule has 0 N–H and O–H groups in total. The zero-order chi connectivity index (χ0) is 15.0. The van der Waals surface area contributed by atoms with Gasteiger partial charge in [-0.2, -0.15) is 8.42 Å². The number of amides is 1. The molecule has 1 amide bonds. The Kier molecular flexibility index (Phi) is 3.32. The molecule has 8 heteroatoms. The van der Waals surface area contributed by atoms with E-state index in [0.29, 0.717) is 16.7 Å². The maximum Gasteiger partial charge on any atom is 0.302 e. The molecule has 1 aliphatic rings. The zero-order valence-electron chi connectivity index (χ0n) is 10.9. The van der Waals surface area contributed by atoms with Crippen molar-refractivity contribution in [3.8, 4) is 0 Å². The van der Waals surface area contributed by atoms with Crippen molar-refractivity contribution in [3.05, 3.63) is 30.6 Å². The number of aromatic nitrogens is 2. The van der Waals surface area contributed by atoms with E-state index in [1.807, 2.05) is 6.07 Å². The fraction of sp³-hybridized carbons (Fsp3) is 0.308. The van der Waals surface area contributed by atoms with E-state index in [1.54, 1.807) is 18.2 Å². The molecule has 1 aromatic carbocycles. The van der Waals surface area contributed by atoms with E-state index in [4.69, 9.17) is 0 Å². The first-order valence-electron chi connectivity index (χ1n) is 6.36. The molecule has 1 fully saturated rings. The standard InChI is InChI=1S/C13H12FN3O3S/c14-21(19,20)7-9-5-12(18)17(6-9)13-10-3-1-2-4-11(10)15-8-16-13/h1-4,8-9H,5-7H2. The number of benzene rings is 1. The summed E-state index contributed by atoms with van der Waals surface area (Å²) >= 11 is 0. The fourth-order valence-electron chi connectivity index (χ4n) is 2.59. The van der Waals surface area contributed by atoms with Crippen LogP contribution in [0.2, 0.25) is 0 Å². The number of rotatable bonds is 3. The topological polar surface area (TPSA) is 80.2 Å². The van der Waals surface area contributed by atoms with Gasteiger partial charge in [-0.05, 0) is 12.1 Å². The van der Waals surface area contributed by atoms with Crippen molar-refractivity contribution < 1.29 is 17.1 Å². The third kappa shape index (κ3) is 2.85. The first-order chi connectivity index (χ1) is 9.94. The number of carbonyl (C=O) groups excluding carboxylic acids is 1. The maximum absolute atomic E-state index is 12.8. The Morgan fingerprint density at radius 2 is 2.05 bits per heavy atom. The van der Waals surface area contributed by atoms with Gasteiger partial charge in [0.25, 0.3) is 0 Å². The number of fused-ring (bicyclic) bond motifs is 1. The molecule has 0 saturated carbocycles. The van der Waals surface area contributed by atoms with Gasteiger partial charge in [0.1, 0.15) is 12.1 Å². The third-order valence-electron chi connectivity index (χ3n) is 3.42. The Balaban J connectivity index is 1.95. The van der Waals surface area contributed by atoms with Crippen LogP contribution >= 0.6 is 0 Å². The predicted molar refractivity (Wildman–Crippen MR) is 74.9 cm³/mol. The highest BCUT2D eigenvalue weighted by Gasteiger charge is 2.34. The zero-order valence-corrected chi connectivity index (χ0v) is 11.8. The summed E-state index contributed by atoms with van der Waals surface area (Å²) < 4.78 is 34.2. The number of carbonyl (C=O) groups is 1. The van der Waals surface area contributed by atoms with E-state index in [-0.39, 0.29) is 18.9 Å². The molecule has 110 valence electrons. The molecule has 0 spiro atoms. The van der Waals surface area contributed by atoms with Gasteiger partial charge in [0.05, 0.1) is 11.3 Å². The van der Waals surface area contributed by atoms with E-state index >= 15 is 0 Å². The predicted octanol–water partition coefficient (Wildman–Crippen LogP) is 1.28. The van der Waals surface area contributed by atoms with Crippen LogP contribution in [0.25, 0.3) is 10.9 Å². The molecular weight excluding hydrogens is 297 g/mol. The Morgan fingerprint density at radius 1 is 1.29 bits per heavy atom. The van der Waals surface area contributed by atoms with Crippen LogP contribution < -0.4 is 4.90 Å². The van der Waals surface area contributed by atoms with Crippen LogP contribution in [0.3, 0.4) is 0 Å². The summed E-state index contributed by atoms with van der Waals surface area (Å²) in [5.41, 5.74) is 0.692. The van der Waals surface area contributed by atoms with Gasteiger partial charge in [0.15, 0.2) is 0 Å². The molecule has 0 radical (unpaired) electrons. The molecule has 21 heavy (non-hydrogen) atoms. The fourth-order valence-corrected chi connectivity index (χ4v) is 3.37. The first-order valence-corrected chi connectivity index (χ1v) is 7.92. The lowest BCUT2D eigenvalue weighted by atomic mass is 10.1.